The van der Waals surface area contributed by atoms with Crippen molar-refractivity contribution in [2.45, 2.75) is 40.8 Å². The Hall–Kier alpha value is -3.32. The molecule has 0 N–H and O–H groups in total. The molecule has 0 atom stereocenters. The summed E-state index contributed by atoms with van der Waals surface area (Å²) < 4.78 is 2.40. The summed E-state index contributed by atoms with van der Waals surface area (Å²) in [5.41, 5.74) is 5.21. The minimum absolute atomic E-state index is 0.0896. The van der Waals surface area contributed by atoms with Gasteiger partial charge in [0.1, 0.15) is 6.54 Å². The van der Waals surface area contributed by atoms with Crippen LogP contribution in [0.3, 0.4) is 0 Å². The second-order valence-electron chi connectivity index (χ2n) is 7.70. The third-order valence-corrected chi connectivity index (χ3v) is 6.65. The van der Waals surface area contributed by atoms with Crippen LogP contribution in [0.2, 0.25) is 0 Å². The summed E-state index contributed by atoms with van der Waals surface area (Å²) in [5, 5.41) is 0.627. The summed E-state index contributed by atoms with van der Waals surface area (Å²) in [6, 6.07) is 13.9. The largest absolute Gasteiger partial charge is 0.289 e. The van der Waals surface area contributed by atoms with Crippen molar-refractivity contribution in [3.8, 4) is 0 Å². The Morgan fingerprint density at radius 2 is 1.77 bits per heavy atom. The summed E-state index contributed by atoms with van der Waals surface area (Å²) >= 11 is 1.49. The first kappa shape index (κ1) is 20.9. The van der Waals surface area contributed by atoms with Crippen LogP contribution < -0.4 is 10.5 Å². The number of thiazole rings is 1. The number of hydrogen-bond donors (Lipinski definition) is 0. The van der Waals surface area contributed by atoms with E-state index in [0.717, 1.165) is 26.9 Å². The molecule has 7 heteroatoms. The Labute approximate surface area is 184 Å². The quantitative estimate of drug-likeness (QED) is 0.471. The number of carbonyl (C=O) groups is 1. The van der Waals surface area contributed by atoms with Crippen molar-refractivity contribution in [3.05, 3.63) is 87.1 Å². The topological polar surface area (TPSA) is 68.1 Å². The lowest BCUT2D eigenvalue weighted by Gasteiger charge is -2.20. The maximum absolute atomic E-state index is 13.4. The molecule has 0 fully saturated rings. The fraction of sp³-hybridized carbons (Fsp3) is 0.250. The lowest BCUT2D eigenvalue weighted by Crippen LogP contribution is -2.37. The Balaban J connectivity index is 1.74. The highest BCUT2D eigenvalue weighted by Crippen LogP contribution is 2.32. The van der Waals surface area contributed by atoms with Gasteiger partial charge in [-0.2, -0.15) is 0 Å². The van der Waals surface area contributed by atoms with Gasteiger partial charge < -0.3 is 0 Å². The second-order valence-corrected chi connectivity index (χ2v) is 8.71. The maximum atomic E-state index is 13.4. The van der Waals surface area contributed by atoms with Crippen molar-refractivity contribution in [1.82, 2.24) is 14.5 Å². The van der Waals surface area contributed by atoms with Crippen molar-refractivity contribution in [2.75, 3.05) is 4.90 Å². The number of anilines is 1. The number of aryl methyl sites for hydroxylation is 3. The van der Waals surface area contributed by atoms with E-state index in [1.54, 1.807) is 18.7 Å². The molecular formula is C24H24N4O2S. The van der Waals surface area contributed by atoms with Gasteiger partial charge in [0.2, 0.25) is 5.91 Å². The molecule has 31 heavy (non-hydrogen) atoms. The maximum Gasteiger partial charge on any atom is 0.256 e. The van der Waals surface area contributed by atoms with Gasteiger partial charge in [-0.3, -0.25) is 19.1 Å². The van der Waals surface area contributed by atoms with Crippen LogP contribution in [0.25, 0.3) is 10.2 Å². The fourth-order valence-corrected chi connectivity index (χ4v) is 4.42. The molecule has 2 heterocycles. The van der Waals surface area contributed by atoms with E-state index in [9.17, 15) is 9.59 Å². The predicted molar refractivity (Wildman–Crippen MR) is 125 cm³/mol. The van der Waals surface area contributed by atoms with E-state index in [-0.39, 0.29) is 18.0 Å². The van der Waals surface area contributed by atoms with Gasteiger partial charge in [-0.15, -0.1) is 0 Å². The van der Waals surface area contributed by atoms with Gasteiger partial charge >= 0.3 is 0 Å². The number of carbonyl (C=O) groups excluding carboxylic acids is 1. The lowest BCUT2D eigenvalue weighted by molar-refractivity contribution is -0.119. The normalized spacial score (nSPS) is 11.1. The molecule has 4 aromatic rings. The first-order valence-electron chi connectivity index (χ1n) is 10.1. The van der Waals surface area contributed by atoms with Gasteiger partial charge in [-0.1, -0.05) is 47.7 Å². The van der Waals surface area contributed by atoms with Crippen LogP contribution in [-0.2, 0) is 17.9 Å². The molecular weight excluding hydrogens is 408 g/mol. The molecule has 0 aliphatic heterocycles. The third kappa shape index (κ3) is 4.14. The van der Waals surface area contributed by atoms with Crippen molar-refractivity contribution in [3.63, 3.8) is 0 Å². The zero-order chi connectivity index (χ0) is 22.1. The highest BCUT2D eigenvalue weighted by Gasteiger charge is 2.22. The average Bonchev–Trinajstić information content (AvgIpc) is 3.20. The van der Waals surface area contributed by atoms with Gasteiger partial charge in [0.15, 0.2) is 5.13 Å². The lowest BCUT2D eigenvalue weighted by atomic mass is 10.1. The zero-order valence-electron chi connectivity index (χ0n) is 18.0. The number of benzene rings is 2. The van der Waals surface area contributed by atoms with Gasteiger partial charge in [0.25, 0.3) is 5.56 Å². The molecule has 4 rings (SSSR count). The molecule has 0 aliphatic rings. The summed E-state index contributed by atoms with van der Waals surface area (Å²) in [6.45, 7) is 7.91. The Bertz CT molecular complexity index is 1320. The van der Waals surface area contributed by atoms with Crippen molar-refractivity contribution < 1.29 is 4.79 Å². The van der Waals surface area contributed by atoms with E-state index < -0.39 is 0 Å². The first-order valence-corrected chi connectivity index (χ1v) is 10.9. The minimum Gasteiger partial charge on any atom is -0.289 e. The number of fused-ring (bicyclic) bond motifs is 1. The molecule has 1 amide bonds. The predicted octanol–water partition coefficient (Wildman–Crippen LogP) is 4.32. The van der Waals surface area contributed by atoms with E-state index >= 15 is 0 Å². The molecule has 6 nitrogen and oxygen atoms in total. The van der Waals surface area contributed by atoms with Crippen LogP contribution in [0.1, 0.15) is 27.9 Å². The van der Waals surface area contributed by atoms with E-state index in [1.807, 2.05) is 43.3 Å². The van der Waals surface area contributed by atoms with E-state index in [4.69, 9.17) is 4.98 Å². The van der Waals surface area contributed by atoms with Gasteiger partial charge in [0.05, 0.1) is 23.1 Å². The Morgan fingerprint density at radius 1 is 1.03 bits per heavy atom. The molecule has 2 aromatic heterocycles. The second kappa shape index (κ2) is 8.43. The molecule has 0 radical (unpaired) electrons. The molecule has 0 saturated carbocycles. The van der Waals surface area contributed by atoms with Crippen molar-refractivity contribution in [1.29, 1.82) is 0 Å². The van der Waals surface area contributed by atoms with Crippen molar-refractivity contribution in [2.24, 2.45) is 0 Å². The molecule has 0 spiro atoms. The highest BCUT2D eigenvalue weighted by molar-refractivity contribution is 7.22. The van der Waals surface area contributed by atoms with E-state index in [2.05, 4.69) is 18.0 Å². The number of nitrogens with zero attached hydrogens (tertiary/aromatic N) is 4. The van der Waals surface area contributed by atoms with E-state index in [1.165, 1.54) is 22.2 Å². The molecule has 0 saturated heterocycles. The number of hydrogen-bond acceptors (Lipinski definition) is 5. The van der Waals surface area contributed by atoms with Crippen LogP contribution in [0.4, 0.5) is 5.13 Å². The summed E-state index contributed by atoms with van der Waals surface area (Å²) in [5.74, 6) is -0.204. The first-order chi connectivity index (χ1) is 14.8. The average molecular weight is 433 g/mol. The number of rotatable bonds is 5. The van der Waals surface area contributed by atoms with Crippen LogP contribution in [0, 0.1) is 27.7 Å². The van der Waals surface area contributed by atoms with Crippen LogP contribution >= 0.6 is 11.3 Å². The zero-order valence-corrected chi connectivity index (χ0v) is 18.9. The van der Waals surface area contributed by atoms with Crippen LogP contribution in [0.5, 0.6) is 0 Å². The minimum atomic E-state index is -0.204. The van der Waals surface area contributed by atoms with Crippen LogP contribution in [0.15, 0.2) is 53.6 Å². The molecule has 2 aromatic carbocycles. The van der Waals surface area contributed by atoms with Gasteiger partial charge in [-0.05, 0) is 50.5 Å². The molecule has 158 valence electrons. The third-order valence-electron chi connectivity index (χ3n) is 5.61. The highest BCUT2D eigenvalue weighted by atomic mass is 32.1. The Morgan fingerprint density at radius 3 is 2.52 bits per heavy atom. The number of amides is 1. The van der Waals surface area contributed by atoms with Gasteiger partial charge in [-0.25, -0.2) is 9.97 Å². The SMILES string of the molecule is Cc1ccc2sc(N(Cc3ccccc3)C(=O)Cn3cnc(C)c(C)c3=O)nc2c1C. The monoisotopic (exact) mass is 432 g/mol. The summed E-state index contributed by atoms with van der Waals surface area (Å²) in [4.78, 5) is 36.7. The summed E-state index contributed by atoms with van der Waals surface area (Å²) in [7, 11) is 0. The molecule has 0 aliphatic carbocycles. The molecule has 0 bridgehead atoms. The van der Waals surface area contributed by atoms with Gasteiger partial charge in [0, 0.05) is 11.3 Å². The Kier molecular flexibility index (Phi) is 5.69. The summed E-state index contributed by atoms with van der Waals surface area (Å²) in [6.07, 6.45) is 1.44. The van der Waals surface area contributed by atoms with Crippen LogP contribution in [-0.4, -0.2) is 20.4 Å². The van der Waals surface area contributed by atoms with Crippen molar-refractivity contribution >= 4 is 32.6 Å². The fourth-order valence-electron chi connectivity index (χ4n) is 3.38. The van der Waals surface area contributed by atoms with E-state index in [0.29, 0.717) is 22.9 Å². The number of aromatic nitrogens is 3. The molecule has 0 unspecified atom stereocenters. The standard InChI is InChI=1S/C24H24N4O2S/c1-15-10-11-20-22(16(15)2)26-24(31-20)28(12-19-8-6-5-7-9-19)21(29)13-27-14-25-18(4)17(3)23(27)30/h5-11,14H,12-13H2,1-4H3. The smallest absolute Gasteiger partial charge is 0.256 e.